The van der Waals surface area contributed by atoms with Gasteiger partial charge in [-0.2, -0.15) is 0 Å². The van der Waals surface area contributed by atoms with Crippen molar-refractivity contribution in [3.05, 3.63) is 34.2 Å². The lowest BCUT2D eigenvalue weighted by atomic mass is 10.3. The van der Waals surface area contributed by atoms with E-state index in [1.165, 1.54) is 10.6 Å². The van der Waals surface area contributed by atoms with Crippen molar-refractivity contribution in [1.82, 2.24) is 4.57 Å². The monoisotopic (exact) mass is 237 g/mol. The van der Waals surface area contributed by atoms with Gasteiger partial charge >= 0.3 is 5.97 Å². The Labute approximate surface area is 101 Å². The van der Waals surface area contributed by atoms with Gasteiger partial charge in [0, 0.05) is 12.3 Å². The highest BCUT2D eigenvalue weighted by atomic mass is 16.5. The first-order chi connectivity index (χ1) is 8.13. The number of nitrogens with zero attached hydrogens (tertiary/aromatic N) is 1. The molecule has 0 N–H and O–H groups in total. The number of carbonyl (C=O) groups is 1. The normalized spacial score (nSPS) is 10.2. The summed E-state index contributed by atoms with van der Waals surface area (Å²) >= 11 is 0. The van der Waals surface area contributed by atoms with Crippen LogP contribution in [0.1, 0.15) is 31.7 Å². The summed E-state index contributed by atoms with van der Waals surface area (Å²) < 4.78 is 6.39. The molecule has 0 bridgehead atoms. The van der Waals surface area contributed by atoms with Gasteiger partial charge in [0.05, 0.1) is 6.61 Å². The van der Waals surface area contributed by atoms with E-state index in [2.05, 4.69) is 6.92 Å². The maximum atomic E-state index is 11.5. The topological polar surface area (TPSA) is 48.3 Å². The van der Waals surface area contributed by atoms with Crippen LogP contribution in [-0.2, 0) is 16.1 Å². The summed E-state index contributed by atoms with van der Waals surface area (Å²) in [4.78, 5) is 22.9. The van der Waals surface area contributed by atoms with Crippen molar-refractivity contribution in [3.8, 4) is 0 Å². The Morgan fingerprint density at radius 1 is 1.41 bits per heavy atom. The molecule has 0 radical (unpaired) electrons. The van der Waals surface area contributed by atoms with Crippen molar-refractivity contribution in [2.24, 2.45) is 0 Å². The SMILES string of the molecule is CCCCCOC(=O)Cn1ccc(C)cc1=O. The maximum Gasteiger partial charge on any atom is 0.326 e. The number of hydrogen-bond donors (Lipinski definition) is 0. The molecule has 0 fully saturated rings. The third-order valence-corrected chi connectivity index (χ3v) is 2.46. The van der Waals surface area contributed by atoms with Crippen LogP contribution >= 0.6 is 0 Å². The van der Waals surface area contributed by atoms with Gasteiger partial charge in [-0.3, -0.25) is 9.59 Å². The van der Waals surface area contributed by atoms with Gasteiger partial charge in [-0.25, -0.2) is 0 Å². The van der Waals surface area contributed by atoms with Gasteiger partial charge in [0.1, 0.15) is 6.54 Å². The Morgan fingerprint density at radius 3 is 2.82 bits per heavy atom. The maximum absolute atomic E-state index is 11.5. The molecule has 0 saturated carbocycles. The number of ether oxygens (including phenoxy) is 1. The summed E-state index contributed by atoms with van der Waals surface area (Å²) in [5.41, 5.74) is 0.720. The Kier molecular flexibility index (Phi) is 5.46. The largest absolute Gasteiger partial charge is 0.464 e. The lowest BCUT2D eigenvalue weighted by Crippen LogP contribution is -2.24. The molecule has 0 aliphatic rings. The van der Waals surface area contributed by atoms with E-state index in [4.69, 9.17) is 4.74 Å². The Balaban J connectivity index is 2.43. The summed E-state index contributed by atoms with van der Waals surface area (Å²) in [5.74, 6) is -0.355. The zero-order valence-corrected chi connectivity index (χ0v) is 10.4. The molecule has 4 nitrogen and oxygen atoms in total. The van der Waals surface area contributed by atoms with E-state index in [9.17, 15) is 9.59 Å². The van der Waals surface area contributed by atoms with E-state index in [1.54, 1.807) is 12.3 Å². The second kappa shape index (κ2) is 6.89. The van der Waals surface area contributed by atoms with Crippen LogP contribution < -0.4 is 5.56 Å². The molecule has 0 aromatic carbocycles. The highest BCUT2D eigenvalue weighted by Crippen LogP contribution is 1.96. The highest BCUT2D eigenvalue weighted by molar-refractivity contribution is 5.69. The molecule has 1 aromatic rings. The van der Waals surface area contributed by atoms with Crippen molar-refractivity contribution >= 4 is 5.97 Å². The predicted molar refractivity (Wildman–Crippen MR) is 65.9 cm³/mol. The second-order valence-electron chi connectivity index (χ2n) is 4.10. The summed E-state index contributed by atoms with van der Waals surface area (Å²) in [5, 5.41) is 0. The molecular weight excluding hydrogens is 218 g/mol. The van der Waals surface area contributed by atoms with Gasteiger partial charge in [0.2, 0.25) is 0 Å². The molecule has 0 saturated heterocycles. The quantitative estimate of drug-likeness (QED) is 0.560. The van der Waals surface area contributed by atoms with Crippen molar-refractivity contribution in [2.75, 3.05) is 6.61 Å². The van der Waals surface area contributed by atoms with Crippen LogP contribution in [0.5, 0.6) is 0 Å². The average molecular weight is 237 g/mol. The van der Waals surface area contributed by atoms with Crippen molar-refractivity contribution in [3.63, 3.8) is 0 Å². The van der Waals surface area contributed by atoms with E-state index in [0.29, 0.717) is 6.61 Å². The molecule has 1 heterocycles. The fourth-order valence-electron chi connectivity index (χ4n) is 1.46. The lowest BCUT2D eigenvalue weighted by Gasteiger charge is -2.06. The minimum atomic E-state index is -0.355. The first-order valence-electron chi connectivity index (χ1n) is 5.96. The number of aromatic nitrogens is 1. The molecule has 17 heavy (non-hydrogen) atoms. The number of pyridine rings is 1. The molecule has 1 rings (SSSR count). The van der Waals surface area contributed by atoms with Crippen molar-refractivity contribution < 1.29 is 9.53 Å². The van der Waals surface area contributed by atoms with Crippen LogP contribution in [0.25, 0.3) is 0 Å². The molecule has 94 valence electrons. The van der Waals surface area contributed by atoms with Crippen LogP contribution in [-0.4, -0.2) is 17.1 Å². The van der Waals surface area contributed by atoms with Crippen LogP contribution in [0.15, 0.2) is 23.1 Å². The molecule has 0 aliphatic heterocycles. The first kappa shape index (κ1) is 13.5. The molecule has 0 unspecified atom stereocenters. The highest BCUT2D eigenvalue weighted by Gasteiger charge is 2.05. The number of aryl methyl sites for hydroxylation is 1. The Hall–Kier alpha value is -1.58. The summed E-state index contributed by atoms with van der Waals surface area (Å²) in [6.07, 6.45) is 4.64. The Bertz CT molecular complexity index is 423. The molecule has 0 spiro atoms. The van der Waals surface area contributed by atoms with Crippen molar-refractivity contribution in [2.45, 2.75) is 39.7 Å². The molecule has 0 amide bonds. The minimum Gasteiger partial charge on any atom is -0.464 e. The van der Waals surface area contributed by atoms with E-state index in [-0.39, 0.29) is 18.1 Å². The van der Waals surface area contributed by atoms with Gasteiger partial charge < -0.3 is 9.30 Å². The molecule has 1 aromatic heterocycles. The first-order valence-corrected chi connectivity index (χ1v) is 5.96. The van der Waals surface area contributed by atoms with Gasteiger partial charge in [0.15, 0.2) is 0 Å². The van der Waals surface area contributed by atoms with Crippen LogP contribution in [0.3, 0.4) is 0 Å². The van der Waals surface area contributed by atoms with Gasteiger partial charge in [0.25, 0.3) is 5.56 Å². The van der Waals surface area contributed by atoms with Gasteiger partial charge in [-0.05, 0) is 25.0 Å². The third kappa shape index (κ3) is 4.85. The molecule has 0 aliphatic carbocycles. The van der Waals surface area contributed by atoms with Crippen LogP contribution in [0.4, 0.5) is 0 Å². The van der Waals surface area contributed by atoms with E-state index in [0.717, 1.165) is 24.8 Å². The number of rotatable bonds is 6. The van der Waals surface area contributed by atoms with Crippen molar-refractivity contribution in [1.29, 1.82) is 0 Å². The van der Waals surface area contributed by atoms with Crippen LogP contribution in [0.2, 0.25) is 0 Å². The smallest absolute Gasteiger partial charge is 0.326 e. The number of esters is 1. The van der Waals surface area contributed by atoms with E-state index < -0.39 is 0 Å². The van der Waals surface area contributed by atoms with Crippen LogP contribution in [0, 0.1) is 6.92 Å². The zero-order valence-electron chi connectivity index (χ0n) is 10.4. The molecular formula is C13H19NO3. The van der Waals surface area contributed by atoms with E-state index in [1.807, 2.05) is 6.92 Å². The van der Waals surface area contributed by atoms with Gasteiger partial charge in [-0.1, -0.05) is 19.8 Å². The zero-order chi connectivity index (χ0) is 12.7. The average Bonchev–Trinajstić information content (AvgIpc) is 2.28. The minimum absolute atomic E-state index is 0.00869. The second-order valence-corrected chi connectivity index (χ2v) is 4.10. The fraction of sp³-hybridized carbons (Fsp3) is 0.538. The summed E-state index contributed by atoms with van der Waals surface area (Å²) in [6, 6.07) is 3.30. The number of hydrogen-bond acceptors (Lipinski definition) is 3. The Morgan fingerprint density at radius 2 is 2.18 bits per heavy atom. The number of unbranched alkanes of at least 4 members (excludes halogenated alkanes) is 2. The summed E-state index contributed by atoms with van der Waals surface area (Å²) in [7, 11) is 0. The number of carbonyl (C=O) groups excluding carboxylic acids is 1. The van der Waals surface area contributed by atoms with Gasteiger partial charge in [-0.15, -0.1) is 0 Å². The molecule has 4 heteroatoms. The molecule has 0 atom stereocenters. The standard InChI is InChI=1S/C13H19NO3/c1-3-4-5-8-17-13(16)10-14-7-6-11(2)9-12(14)15/h6-7,9H,3-5,8,10H2,1-2H3. The van der Waals surface area contributed by atoms with E-state index >= 15 is 0 Å². The predicted octanol–water partition coefficient (Wildman–Crippen LogP) is 1.89. The lowest BCUT2D eigenvalue weighted by molar-refractivity contribution is -0.144. The third-order valence-electron chi connectivity index (χ3n) is 2.46. The summed E-state index contributed by atoms with van der Waals surface area (Å²) in [6.45, 7) is 4.36. The fourth-order valence-corrected chi connectivity index (χ4v) is 1.46.